The summed E-state index contributed by atoms with van der Waals surface area (Å²) in [6.45, 7) is -1.26. The SMILES string of the molecule is O=C(CO)OC(F)(F)F. The molecule has 3 nitrogen and oxygen atoms in total. The first-order chi connectivity index (χ1) is 3.95. The van der Waals surface area contributed by atoms with Crippen molar-refractivity contribution in [1.29, 1.82) is 0 Å². The van der Waals surface area contributed by atoms with Crippen LogP contribution in [0.1, 0.15) is 0 Å². The molecule has 0 aromatic carbocycles. The molecule has 0 aromatic heterocycles. The molecule has 0 saturated heterocycles. The number of carbonyl (C=O) groups is 1. The van der Waals surface area contributed by atoms with Gasteiger partial charge in [0.1, 0.15) is 6.61 Å². The summed E-state index contributed by atoms with van der Waals surface area (Å²) in [5.41, 5.74) is 0. The smallest absolute Gasteiger partial charge is 0.385 e. The van der Waals surface area contributed by atoms with Crippen LogP contribution in [0.3, 0.4) is 0 Å². The third kappa shape index (κ3) is 5.09. The van der Waals surface area contributed by atoms with Crippen molar-refractivity contribution in [2.75, 3.05) is 6.61 Å². The predicted octanol–water partition coefficient (Wildman–Crippen LogP) is 0.0417. The molecule has 0 aliphatic carbocycles. The molecule has 0 heterocycles. The number of carbonyl (C=O) groups excluding carboxylic acids is 1. The number of hydrogen-bond acceptors (Lipinski definition) is 3. The van der Waals surface area contributed by atoms with E-state index in [9.17, 15) is 18.0 Å². The highest BCUT2D eigenvalue weighted by atomic mass is 19.4. The molecule has 0 unspecified atom stereocenters. The summed E-state index contributed by atoms with van der Waals surface area (Å²) in [4.78, 5) is 9.64. The van der Waals surface area contributed by atoms with Crippen LogP contribution in [0.15, 0.2) is 0 Å². The summed E-state index contributed by atoms with van der Waals surface area (Å²) < 4.78 is 35.5. The van der Waals surface area contributed by atoms with Crippen molar-refractivity contribution in [3.05, 3.63) is 0 Å². The molecule has 9 heavy (non-hydrogen) atoms. The topological polar surface area (TPSA) is 46.5 Å². The second-order valence-corrected chi connectivity index (χ2v) is 1.08. The number of halogens is 3. The van der Waals surface area contributed by atoms with Gasteiger partial charge in [-0.3, -0.25) is 0 Å². The van der Waals surface area contributed by atoms with Gasteiger partial charge in [0.05, 0.1) is 0 Å². The second-order valence-electron chi connectivity index (χ2n) is 1.08. The zero-order chi connectivity index (χ0) is 7.49. The first-order valence-corrected chi connectivity index (χ1v) is 1.85. The first-order valence-electron chi connectivity index (χ1n) is 1.85. The summed E-state index contributed by atoms with van der Waals surface area (Å²) in [5.74, 6) is -1.71. The Balaban J connectivity index is 3.60. The molecule has 0 saturated carbocycles. The maximum atomic E-state index is 10.9. The molecule has 0 fully saturated rings. The third-order valence-electron chi connectivity index (χ3n) is 0.359. The molecule has 1 N–H and O–H groups in total. The van der Waals surface area contributed by atoms with E-state index in [-0.39, 0.29) is 0 Å². The highest BCUT2D eigenvalue weighted by Gasteiger charge is 2.33. The van der Waals surface area contributed by atoms with E-state index in [1.807, 2.05) is 0 Å². The van der Waals surface area contributed by atoms with Crippen LogP contribution in [0.2, 0.25) is 0 Å². The lowest BCUT2D eigenvalue weighted by Crippen LogP contribution is -2.21. The number of ether oxygens (including phenoxy) is 1. The Morgan fingerprint density at radius 1 is 1.56 bits per heavy atom. The molecule has 0 aromatic rings. The number of rotatable bonds is 1. The molecule has 0 rings (SSSR count). The molecule has 0 atom stereocenters. The largest absolute Gasteiger partial charge is 0.575 e. The fraction of sp³-hybridized carbons (Fsp3) is 0.667. The maximum Gasteiger partial charge on any atom is 0.575 e. The maximum absolute atomic E-state index is 10.9. The Bertz CT molecular complexity index is 107. The third-order valence-corrected chi connectivity index (χ3v) is 0.359. The lowest BCUT2D eigenvalue weighted by atomic mass is 10.7. The van der Waals surface area contributed by atoms with Crippen LogP contribution in [0.25, 0.3) is 0 Å². The van der Waals surface area contributed by atoms with E-state index in [1.54, 1.807) is 0 Å². The van der Waals surface area contributed by atoms with Gasteiger partial charge in [-0.15, -0.1) is 13.2 Å². The Morgan fingerprint density at radius 3 is 2.11 bits per heavy atom. The molecule has 6 heteroatoms. The lowest BCUT2D eigenvalue weighted by Gasteiger charge is -2.03. The van der Waals surface area contributed by atoms with Gasteiger partial charge in [0, 0.05) is 0 Å². The van der Waals surface area contributed by atoms with Crippen LogP contribution in [-0.2, 0) is 9.53 Å². The van der Waals surface area contributed by atoms with Crippen LogP contribution < -0.4 is 0 Å². The summed E-state index contributed by atoms with van der Waals surface area (Å²) in [6.07, 6.45) is -4.99. The zero-order valence-corrected chi connectivity index (χ0v) is 4.10. The summed E-state index contributed by atoms with van der Waals surface area (Å²) in [7, 11) is 0. The Kier molecular flexibility index (Phi) is 2.44. The lowest BCUT2D eigenvalue weighted by molar-refractivity contribution is -0.306. The van der Waals surface area contributed by atoms with Crippen molar-refractivity contribution in [3.63, 3.8) is 0 Å². The number of aliphatic hydroxyl groups excluding tert-OH is 1. The van der Waals surface area contributed by atoms with E-state index in [1.165, 1.54) is 0 Å². The zero-order valence-electron chi connectivity index (χ0n) is 4.10. The fourth-order valence-corrected chi connectivity index (χ4v) is 0.161. The molecule has 0 radical (unpaired) electrons. The van der Waals surface area contributed by atoms with E-state index in [4.69, 9.17) is 5.11 Å². The average Bonchev–Trinajstić information content (AvgIpc) is 1.62. The molecule has 0 bridgehead atoms. The van der Waals surface area contributed by atoms with Crippen LogP contribution in [0, 0.1) is 0 Å². The van der Waals surface area contributed by atoms with Crippen molar-refractivity contribution in [2.24, 2.45) is 0 Å². The summed E-state index contributed by atoms with van der Waals surface area (Å²) in [5, 5.41) is 7.72. The van der Waals surface area contributed by atoms with Gasteiger partial charge in [0.25, 0.3) is 0 Å². The van der Waals surface area contributed by atoms with Gasteiger partial charge in [0.15, 0.2) is 0 Å². The number of esters is 1. The second kappa shape index (κ2) is 2.67. The Hall–Kier alpha value is -0.780. The van der Waals surface area contributed by atoms with Gasteiger partial charge < -0.3 is 9.84 Å². The quantitative estimate of drug-likeness (QED) is 0.528. The van der Waals surface area contributed by atoms with E-state index in [2.05, 4.69) is 4.74 Å². The minimum atomic E-state index is -4.99. The van der Waals surface area contributed by atoms with Gasteiger partial charge in [-0.2, -0.15) is 0 Å². The van der Waals surface area contributed by atoms with Crippen LogP contribution in [0.5, 0.6) is 0 Å². The Labute approximate surface area is 48.0 Å². The molecular formula is C3H3F3O3. The predicted molar refractivity (Wildman–Crippen MR) is 19.2 cm³/mol. The van der Waals surface area contributed by atoms with Crippen molar-refractivity contribution >= 4 is 5.97 Å². The molecular weight excluding hydrogens is 141 g/mol. The fourth-order valence-electron chi connectivity index (χ4n) is 0.161. The van der Waals surface area contributed by atoms with E-state index >= 15 is 0 Å². The van der Waals surface area contributed by atoms with Gasteiger partial charge in [-0.25, -0.2) is 4.79 Å². The van der Waals surface area contributed by atoms with E-state index in [0.29, 0.717) is 0 Å². The van der Waals surface area contributed by atoms with Gasteiger partial charge in [-0.05, 0) is 0 Å². The van der Waals surface area contributed by atoms with Crippen LogP contribution in [0.4, 0.5) is 13.2 Å². The van der Waals surface area contributed by atoms with Crippen molar-refractivity contribution < 1.29 is 27.8 Å². The highest BCUT2D eigenvalue weighted by Crippen LogP contribution is 2.15. The highest BCUT2D eigenvalue weighted by molar-refractivity contribution is 5.70. The number of hydrogen-bond donors (Lipinski definition) is 1. The molecule has 0 amide bonds. The molecule has 0 spiro atoms. The molecule has 54 valence electrons. The molecule has 0 aliphatic heterocycles. The van der Waals surface area contributed by atoms with Crippen LogP contribution >= 0.6 is 0 Å². The van der Waals surface area contributed by atoms with Crippen molar-refractivity contribution in [1.82, 2.24) is 0 Å². The summed E-state index contributed by atoms with van der Waals surface area (Å²) in [6, 6.07) is 0. The van der Waals surface area contributed by atoms with Crippen LogP contribution in [-0.4, -0.2) is 24.0 Å². The van der Waals surface area contributed by atoms with Gasteiger partial charge in [0.2, 0.25) is 0 Å². The molecule has 0 aliphatic rings. The first kappa shape index (κ1) is 8.22. The monoisotopic (exact) mass is 144 g/mol. The van der Waals surface area contributed by atoms with Gasteiger partial charge >= 0.3 is 12.3 Å². The minimum Gasteiger partial charge on any atom is -0.385 e. The van der Waals surface area contributed by atoms with Crippen molar-refractivity contribution in [2.45, 2.75) is 6.36 Å². The number of alkyl halides is 3. The van der Waals surface area contributed by atoms with Crippen molar-refractivity contribution in [3.8, 4) is 0 Å². The minimum absolute atomic E-state index is 1.26. The normalized spacial score (nSPS) is 11.1. The summed E-state index contributed by atoms with van der Waals surface area (Å²) >= 11 is 0. The van der Waals surface area contributed by atoms with Gasteiger partial charge in [-0.1, -0.05) is 0 Å². The van der Waals surface area contributed by atoms with E-state index < -0.39 is 18.9 Å². The number of aliphatic hydroxyl groups is 1. The average molecular weight is 144 g/mol. The van der Waals surface area contributed by atoms with E-state index in [0.717, 1.165) is 0 Å². The standard InChI is InChI=1S/C3H3F3O3/c4-3(5,6)9-2(8)1-7/h7H,1H2. The Morgan fingerprint density at radius 2 is 2.00 bits per heavy atom.